The quantitative estimate of drug-likeness (QED) is 0.470. The smallest absolute Gasteiger partial charge is 0.293 e. The summed E-state index contributed by atoms with van der Waals surface area (Å²) in [5.74, 6) is -0.0776. The molecule has 2 rings (SSSR count). The Morgan fingerprint density at radius 1 is 1.48 bits per heavy atom. The van der Waals surface area contributed by atoms with Gasteiger partial charge in [-0.05, 0) is 41.6 Å². The SMILES string of the molecule is CC(Nc1ccc(I)cc1[N+](=O)[O-])C(=O)N1CCOCC1. The number of anilines is 1. The first kappa shape index (κ1) is 16.0. The lowest BCUT2D eigenvalue weighted by Gasteiger charge is -2.29. The van der Waals surface area contributed by atoms with Gasteiger partial charge in [-0.1, -0.05) is 0 Å². The molecule has 1 atom stereocenters. The molecule has 0 radical (unpaired) electrons. The number of morpholine rings is 1. The summed E-state index contributed by atoms with van der Waals surface area (Å²) in [6, 6.07) is 4.35. The van der Waals surface area contributed by atoms with Crippen LogP contribution >= 0.6 is 22.6 Å². The van der Waals surface area contributed by atoms with Crippen LogP contribution in [0.3, 0.4) is 0 Å². The lowest BCUT2D eigenvalue weighted by molar-refractivity contribution is -0.384. The average Bonchev–Trinajstić information content (AvgIpc) is 2.49. The third-order valence-electron chi connectivity index (χ3n) is 3.22. The van der Waals surface area contributed by atoms with Crippen LogP contribution in [0.15, 0.2) is 18.2 Å². The topological polar surface area (TPSA) is 84.7 Å². The highest BCUT2D eigenvalue weighted by Gasteiger charge is 2.24. The summed E-state index contributed by atoms with van der Waals surface area (Å²) in [5.41, 5.74) is 0.332. The molecule has 7 nitrogen and oxygen atoms in total. The Hall–Kier alpha value is -1.42. The molecule has 1 aromatic rings. The molecule has 1 N–H and O–H groups in total. The number of carbonyl (C=O) groups is 1. The Morgan fingerprint density at radius 2 is 2.14 bits per heavy atom. The second kappa shape index (κ2) is 7.03. The molecule has 21 heavy (non-hydrogen) atoms. The van der Waals surface area contributed by atoms with Crippen LogP contribution in [0, 0.1) is 13.7 Å². The van der Waals surface area contributed by atoms with Gasteiger partial charge in [-0.25, -0.2) is 0 Å². The number of rotatable bonds is 4. The standard InChI is InChI=1S/C13H16IN3O4/c1-9(13(18)16-4-6-21-7-5-16)15-11-3-2-10(14)8-12(11)17(19)20/h2-3,8-9,15H,4-7H2,1H3. The van der Waals surface area contributed by atoms with Crippen molar-refractivity contribution < 1.29 is 14.5 Å². The van der Waals surface area contributed by atoms with Crippen molar-refractivity contribution in [3.63, 3.8) is 0 Å². The zero-order valence-electron chi connectivity index (χ0n) is 11.5. The molecule has 1 aliphatic heterocycles. The third kappa shape index (κ3) is 4.03. The van der Waals surface area contributed by atoms with E-state index < -0.39 is 11.0 Å². The van der Waals surface area contributed by atoms with E-state index in [1.54, 1.807) is 24.0 Å². The highest BCUT2D eigenvalue weighted by atomic mass is 127. The largest absolute Gasteiger partial charge is 0.378 e. The molecule has 1 saturated heterocycles. The third-order valence-corrected chi connectivity index (χ3v) is 3.89. The summed E-state index contributed by atoms with van der Waals surface area (Å²) in [6.45, 7) is 3.88. The molecule has 8 heteroatoms. The molecular weight excluding hydrogens is 389 g/mol. The molecule has 0 aromatic heterocycles. The van der Waals surface area contributed by atoms with Crippen molar-refractivity contribution in [3.8, 4) is 0 Å². The highest BCUT2D eigenvalue weighted by Crippen LogP contribution is 2.27. The van der Waals surface area contributed by atoms with Gasteiger partial charge >= 0.3 is 0 Å². The minimum Gasteiger partial charge on any atom is -0.378 e. The lowest BCUT2D eigenvalue weighted by Crippen LogP contribution is -2.47. The van der Waals surface area contributed by atoms with Crippen LogP contribution in [-0.4, -0.2) is 48.1 Å². The number of amides is 1. The maximum atomic E-state index is 12.3. The lowest BCUT2D eigenvalue weighted by atomic mass is 10.2. The van der Waals surface area contributed by atoms with Crippen LogP contribution in [-0.2, 0) is 9.53 Å². The predicted molar refractivity (Wildman–Crippen MR) is 86.3 cm³/mol. The summed E-state index contributed by atoms with van der Waals surface area (Å²) in [6.07, 6.45) is 0. The van der Waals surface area contributed by atoms with Crippen molar-refractivity contribution in [1.82, 2.24) is 4.90 Å². The van der Waals surface area contributed by atoms with Crippen LogP contribution in [0.2, 0.25) is 0 Å². The Balaban J connectivity index is 2.10. The molecular formula is C13H16IN3O4. The van der Waals surface area contributed by atoms with Crippen LogP contribution < -0.4 is 5.32 Å². The molecule has 114 valence electrons. The molecule has 0 bridgehead atoms. The first-order valence-corrected chi connectivity index (χ1v) is 7.64. The van der Waals surface area contributed by atoms with Gasteiger partial charge in [0.1, 0.15) is 11.7 Å². The number of benzene rings is 1. The van der Waals surface area contributed by atoms with E-state index in [1.807, 2.05) is 22.6 Å². The van der Waals surface area contributed by atoms with Crippen LogP contribution in [0.4, 0.5) is 11.4 Å². The van der Waals surface area contributed by atoms with Gasteiger partial charge < -0.3 is 15.0 Å². The van der Waals surface area contributed by atoms with Crippen LogP contribution in [0.25, 0.3) is 0 Å². The number of nitrogens with one attached hydrogen (secondary N) is 1. The Labute approximate surface area is 135 Å². The average molecular weight is 405 g/mol. The number of halogens is 1. The molecule has 1 fully saturated rings. The van der Waals surface area contributed by atoms with E-state index in [0.29, 0.717) is 32.0 Å². The monoisotopic (exact) mass is 405 g/mol. The number of nitro benzene ring substituents is 1. The number of nitro groups is 1. The summed E-state index contributed by atoms with van der Waals surface area (Å²) in [5, 5.41) is 14.0. The fourth-order valence-corrected chi connectivity index (χ4v) is 2.61. The first-order chi connectivity index (χ1) is 9.99. The van der Waals surface area contributed by atoms with Gasteiger partial charge in [0.25, 0.3) is 5.69 Å². The highest BCUT2D eigenvalue weighted by molar-refractivity contribution is 14.1. The van der Waals surface area contributed by atoms with E-state index in [0.717, 1.165) is 3.57 Å². The fraction of sp³-hybridized carbons (Fsp3) is 0.462. The van der Waals surface area contributed by atoms with E-state index in [-0.39, 0.29) is 11.6 Å². The number of ether oxygens (including phenoxy) is 1. The van der Waals surface area contributed by atoms with Crippen LogP contribution in [0.1, 0.15) is 6.92 Å². The van der Waals surface area contributed by atoms with E-state index in [9.17, 15) is 14.9 Å². The minimum atomic E-state index is -0.526. The van der Waals surface area contributed by atoms with Gasteiger partial charge in [-0.3, -0.25) is 14.9 Å². The molecule has 0 saturated carbocycles. The van der Waals surface area contributed by atoms with Gasteiger partial charge in [-0.2, -0.15) is 0 Å². The van der Waals surface area contributed by atoms with Gasteiger partial charge in [-0.15, -0.1) is 0 Å². The van der Waals surface area contributed by atoms with Crippen LogP contribution in [0.5, 0.6) is 0 Å². The first-order valence-electron chi connectivity index (χ1n) is 6.56. The van der Waals surface area contributed by atoms with Crippen molar-refractivity contribution in [2.75, 3.05) is 31.6 Å². The van der Waals surface area contributed by atoms with E-state index >= 15 is 0 Å². The Kier molecular flexibility index (Phi) is 5.34. The Bertz CT molecular complexity index is 546. The molecule has 1 amide bonds. The number of hydrogen-bond donors (Lipinski definition) is 1. The summed E-state index contributed by atoms with van der Waals surface area (Å²) >= 11 is 2.02. The molecule has 1 unspecified atom stereocenters. The number of hydrogen-bond acceptors (Lipinski definition) is 5. The second-order valence-electron chi connectivity index (χ2n) is 4.72. The number of carbonyl (C=O) groups excluding carboxylic acids is 1. The Morgan fingerprint density at radius 3 is 2.76 bits per heavy atom. The van der Waals surface area contributed by atoms with Crippen molar-refractivity contribution >= 4 is 39.9 Å². The molecule has 1 heterocycles. The zero-order chi connectivity index (χ0) is 15.4. The maximum Gasteiger partial charge on any atom is 0.293 e. The summed E-state index contributed by atoms with van der Waals surface area (Å²) < 4.78 is 5.98. The van der Waals surface area contributed by atoms with Gasteiger partial charge in [0.2, 0.25) is 5.91 Å². The predicted octanol–water partition coefficient (Wildman–Crippen LogP) is 1.86. The van der Waals surface area contributed by atoms with Crippen molar-refractivity contribution in [3.05, 3.63) is 31.9 Å². The maximum absolute atomic E-state index is 12.3. The summed E-state index contributed by atoms with van der Waals surface area (Å²) in [7, 11) is 0. The fourth-order valence-electron chi connectivity index (χ4n) is 2.13. The number of nitrogens with zero attached hydrogens (tertiary/aromatic N) is 2. The molecule has 1 aliphatic rings. The van der Waals surface area contributed by atoms with E-state index in [4.69, 9.17) is 4.74 Å². The van der Waals surface area contributed by atoms with Gasteiger partial charge in [0.05, 0.1) is 18.1 Å². The normalized spacial score (nSPS) is 16.4. The molecule has 0 spiro atoms. The van der Waals surface area contributed by atoms with Crippen molar-refractivity contribution in [2.45, 2.75) is 13.0 Å². The minimum absolute atomic E-state index is 0.0245. The van der Waals surface area contributed by atoms with Gasteiger partial charge in [0.15, 0.2) is 0 Å². The zero-order valence-corrected chi connectivity index (χ0v) is 13.7. The molecule has 1 aromatic carbocycles. The van der Waals surface area contributed by atoms with E-state index in [1.165, 1.54) is 6.07 Å². The van der Waals surface area contributed by atoms with E-state index in [2.05, 4.69) is 5.32 Å². The summed E-state index contributed by atoms with van der Waals surface area (Å²) in [4.78, 5) is 24.6. The second-order valence-corrected chi connectivity index (χ2v) is 5.97. The van der Waals surface area contributed by atoms with Gasteiger partial charge in [0, 0.05) is 22.7 Å². The van der Waals surface area contributed by atoms with Crippen molar-refractivity contribution in [2.24, 2.45) is 0 Å². The molecule has 0 aliphatic carbocycles. The van der Waals surface area contributed by atoms with Crippen molar-refractivity contribution in [1.29, 1.82) is 0 Å².